The number of ether oxygens (including phenoxy) is 2. The van der Waals surface area contributed by atoms with Crippen LogP contribution >= 0.6 is 11.3 Å². The highest BCUT2D eigenvalue weighted by atomic mass is 32.1. The van der Waals surface area contributed by atoms with Crippen LogP contribution < -0.4 is 0 Å². The highest BCUT2D eigenvalue weighted by Gasteiger charge is 2.43. The number of thiophene rings is 1. The van der Waals surface area contributed by atoms with Gasteiger partial charge in [0.05, 0.1) is 24.9 Å². The van der Waals surface area contributed by atoms with Gasteiger partial charge in [-0.05, 0) is 49.6 Å². The summed E-state index contributed by atoms with van der Waals surface area (Å²) in [6.45, 7) is 6.88. The zero-order valence-corrected chi connectivity index (χ0v) is 15.6. The van der Waals surface area contributed by atoms with E-state index in [1.807, 2.05) is 35.9 Å². The number of rotatable bonds is 5. The zero-order chi connectivity index (χ0) is 17.1. The molecule has 2 aliphatic heterocycles. The molecule has 25 heavy (non-hydrogen) atoms. The van der Waals surface area contributed by atoms with E-state index in [0.717, 1.165) is 45.5 Å². The third-order valence-corrected chi connectivity index (χ3v) is 6.34. The lowest BCUT2D eigenvalue weighted by Crippen LogP contribution is -2.43. The third-order valence-electron chi connectivity index (χ3n) is 5.35. The van der Waals surface area contributed by atoms with Gasteiger partial charge in [-0.2, -0.15) is 0 Å². The molecule has 4 heterocycles. The molecular formula is C20H26N2O2S. The average Bonchev–Trinajstić information content (AvgIpc) is 3.23. The smallest absolute Gasteiger partial charge is 0.0840 e. The van der Waals surface area contributed by atoms with Crippen molar-refractivity contribution in [1.29, 1.82) is 0 Å². The molecule has 4 rings (SSSR count). The van der Waals surface area contributed by atoms with Gasteiger partial charge in [-0.25, -0.2) is 0 Å². The minimum atomic E-state index is 0.0464. The topological polar surface area (TPSA) is 34.6 Å². The van der Waals surface area contributed by atoms with Crippen molar-refractivity contribution in [2.45, 2.75) is 51.0 Å². The fraction of sp³-hybridized carbons (Fsp3) is 0.550. The number of hydrogen-bond acceptors (Lipinski definition) is 5. The monoisotopic (exact) mass is 358 g/mol. The maximum Gasteiger partial charge on any atom is 0.0840 e. The summed E-state index contributed by atoms with van der Waals surface area (Å²) in [6, 6.07) is 8.50. The Morgan fingerprint density at radius 3 is 2.76 bits per heavy atom. The fourth-order valence-electron chi connectivity index (χ4n) is 3.86. The maximum absolute atomic E-state index is 6.22. The van der Waals surface area contributed by atoms with Crippen molar-refractivity contribution in [1.82, 2.24) is 9.88 Å². The SMILES string of the molecule is Cc1ccc(CN2CCC3(CC2)C[C@H](OCc2ccncc2)CO3)s1. The van der Waals surface area contributed by atoms with Gasteiger partial charge in [0.1, 0.15) is 0 Å². The van der Waals surface area contributed by atoms with E-state index < -0.39 is 0 Å². The van der Waals surface area contributed by atoms with Crippen molar-refractivity contribution < 1.29 is 9.47 Å². The molecule has 2 aromatic rings. The Bertz CT molecular complexity index is 680. The minimum Gasteiger partial charge on any atom is -0.372 e. The summed E-state index contributed by atoms with van der Waals surface area (Å²) in [7, 11) is 0. The van der Waals surface area contributed by atoms with Crippen LogP contribution in [0.15, 0.2) is 36.7 Å². The van der Waals surface area contributed by atoms with Gasteiger partial charge in [0.2, 0.25) is 0 Å². The third kappa shape index (κ3) is 4.29. The van der Waals surface area contributed by atoms with Gasteiger partial charge in [0.15, 0.2) is 0 Å². The summed E-state index contributed by atoms with van der Waals surface area (Å²) in [5.74, 6) is 0. The molecule has 0 bridgehead atoms. The predicted molar refractivity (Wildman–Crippen MR) is 99.7 cm³/mol. The molecule has 2 saturated heterocycles. The van der Waals surface area contributed by atoms with Gasteiger partial charge in [-0.1, -0.05) is 0 Å². The Morgan fingerprint density at radius 1 is 1.24 bits per heavy atom. The molecule has 0 amide bonds. The largest absolute Gasteiger partial charge is 0.372 e. The standard InChI is InChI=1S/C20H26N2O2S/c1-16-2-3-19(25-16)13-22-10-6-20(7-11-22)12-18(15-24-20)23-14-17-4-8-21-9-5-17/h2-5,8-9,18H,6-7,10-15H2,1H3/t18-/m0/s1. The van der Waals surface area contributed by atoms with Gasteiger partial charge < -0.3 is 9.47 Å². The molecule has 2 aliphatic rings. The molecule has 2 fully saturated rings. The van der Waals surface area contributed by atoms with E-state index in [-0.39, 0.29) is 11.7 Å². The molecular weight excluding hydrogens is 332 g/mol. The molecule has 1 atom stereocenters. The first kappa shape index (κ1) is 17.2. The second kappa shape index (κ2) is 7.54. The Morgan fingerprint density at radius 2 is 2.04 bits per heavy atom. The van der Waals surface area contributed by atoms with Crippen molar-refractivity contribution >= 4 is 11.3 Å². The fourth-order valence-corrected chi connectivity index (χ4v) is 4.79. The molecule has 0 radical (unpaired) electrons. The van der Waals surface area contributed by atoms with Crippen molar-refractivity contribution in [2.24, 2.45) is 0 Å². The van der Waals surface area contributed by atoms with E-state index in [0.29, 0.717) is 6.61 Å². The first-order valence-electron chi connectivity index (χ1n) is 9.13. The summed E-state index contributed by atoms with van der Waals surface area (Å²) in [5.41, 5.74) is 1.22. The van der Waals surface area contributed by atoms with Crippen LogP contribution in [0.3, 0.4) is 0 Å². The number of piperidine rings is 1. The van der Waals surface area contributed by atoms with Crippen LogP contribution in [0.25, 0.3) is 0 Å². The van der Waals surface area contributed by atoms with Crippen molar-refractivity contribution in [3.8, 4) is 0 Å². The lowest BCUT2D eigenvalue weighted by atomic mass is 9.88. The lowest BCUT2D eigenvalue weighted by Gasteiger charge is -2.38. The van der Waals surface area contributed by atoms with Gasteiger partial charge in [-0.3, -0.25) is 9.88 Å². The highest BCUT2D eigenvalue weighted by molar-refractivity contribution is 7.11. The Balaban J connectivity index is 1.24. The second-order valence-electron chi connectivity index (χ2n) is 7.28. The van der Waals surface area contributed by atoms with Gasteiger partial charge >= 0.3 is 0 Å². The summed E-state index contributed by atoms with van der Waals surface area (Å²) in [6.07, 6.45) is 7.12. The Labute approximate surface area is 153 Å². The number of aromatic nitrogens is 1. The predicted octanol–water partition coefficient (Wildman–Crippen LogP) is 3.79. The van der Waals surface area contributed by atoms with Crippen LogP contribution in [0.1, 0.15) is 34.6 Å². The minimum absolute atomic E-state index is 0.0464. The van der Waals surface area contributed by atoms with Crippen LogP contribution in [0.4, 0.5) is 0 Å². The lowest BCUT2D eigenvalue weighted by molar-refractivity contribution is -0.0467. The molecule has 2 aromatic heterocycles. The summed E-state index contributed by atoms with van der Waals surface area (Å²) in [5, 5.41) is 0. The summed E-state index contributed by atoms with van der Waals surface area (Å²) >= 11 is 1.91. The van der Waals surface area contributed by atoms with E-state index >= 15 is 0 Å². The molecule has 5 heteroatoms. The maximum atomic E-state index is 6.22. The molecule has 4 nitrogen and oxygen atoms in total. The highest BCUT2D eigenvalue weighted by Crippen LogP contribution is 2.37. The molecule has 0 unspecified atom stereocenters. The Kier molecular flexibility index (Phi) is 5.17. The molecule has 0 N–H and O–H groups in total. The quantitative estimate of drug-likeness (QED) is 0.814. The number of hydrogen-bond donors (Lipinski definition) is 0. The zero-order valence-electron chi connectivity index (χ0n) is 14.8. The second-order valence-corrected chi connectivity index (χ2v) is 8.65. The van der Waals surface area contributed by atoms with E-state index in [2.05, 4.69) is 28.9 Å². The van der Waals surface area contributed by atoms with Crippen molar-refractivity contribution in [3.63, 3.8) is 0 Å². The number of likely N-dealkylation sites (tertiary alicyclic amines) is 1. The van der Waals surface area contributed by atoms with E-state index in [4.69, 9.17) is 9.47 Å². The first-order chi connectivity index (χ1) is 12.2. The van der Waals surface area contributed by atoms with Crippen molar-refractivity contribution in [3.05, 3.63) is 52.0 Å². The van der Waals surface area contributed by atoms with Crippen LogP contribution in [0, 0.1) is 6.92 Å². The summed E-state index contributed by atoms with van der Waals surface area (Å²) in [4.78, 5) is 9.48. The average molecular weight is 359 g/mol. The van der Waals surface area contributed by atoms with Crippen molar-refractivity contribution in [2.75, 3.05) is 19.7 Å². The molecule has 0 saturated carbocycles. The van der Waals surface area contributed by atoms with Gasteiger partial charge in [0, 0.05) is 48.2 Å². The first-order valence-corrected chi connectivity index (χ1v) is 9.95. The van der Waals surface area contributed by atoms with Crippen LogP contribution in [-0.2, 0) is 22.6 Å². The molecule has 1 spiro atoms. The molecule has 0 aromatic carbocycles. The van der Waals surface area contributed by atoms with E-state index in [1.165, 1.54) is 15.3 Å². The normalized spacial score (nSPS) is 23.3. The van der Waals surface area contributed by atoms with Crippen LogP contribution in [0.5, 0.6) is 0 Å². The Hall–Kier alpha value is -1.27. The number of nitrogens with zero attached hydrogens (tertiary/aromatic N) is 2. The van der Waals surface area contributed by atoms with Crippen LogP contribution in [0.2, 0.25) is 0 Å². The van der Waals surface area contributed by atoms with E-state index in [1.54, 1.807) is 0 Å². The van der Waals surface area contributed by atoms with E-state index in [9.17, 15) is 0 Å². The number of pyridine rings is 1. The molecule has 134 valence electrons. The van der Waals surface area contributed by atoms with Gasteiger partial charge in [-0.15, -0.1) is 11.3 Å². The van der Waals surface area contributed by atoms with Gasteiger partial charge in [0.25, 0.3) is 0 Å². The van der Waals surface area contributed by atoms with Crippen LogP contribution in [-0.4, -0.2) is 41.3 Å². The summed E-state index contributed by atoms with van der Waals surface area (Å²) < 4.78 is 12.3. The molecule has 0 aliphatic carbocycles. The number of aryl methyl sites for hydroxylation is 1.